The summed E-state index contributed by atoms with van der Waals surface area (Å²) in [7, 11) is 0. The number of hydrogen-bond acceptors (Lipinski definition) is 4. The van der Waals surface area contributed by atoms with E-state index in [-0.39, 0.29) is 17.1 Å². The molecule has 1 aromatic carbocycles. The number of ketones is 1. The largest absolute Gasteiger partial charge is 0.507 e. The van der Waals surface area contributed by atoms with E-state index in [4.69, 9.17) is 4.74 Å². The standard InChI is InChI=1S/C14H18FNO3/c1-10(17)13-8-12(15)7-11(14(13)18)9-16-3-2-5-19-6-4-16/h7-8,18H,2-6,9H2,1H3. The van der Waals surface area contributed by atoms with Gasteiger partial charge in [0.05, 0.1) is 12.2 Å². The Labute approximate surface area is 111 Å². The molecule has 1 aliphatic rings. The lowest BCUT2D eigenvalue weighted by atomic mass is 10.0. The number of carbonyl (C=O) groups is 1. The van der Waals surface area contributed by atoms with Crippen molar-refractivity contribution in [2.45, 2.75) is 19.9 Å². The third-order valence-electron chi connectivity index (χ3n) is 3.24. The van der Waals surface area contributed by atoms with Gasteiger partial charge >= 0.3 is 0 Å². The molecule has 0 amide bonds. The van der Waals surface area contributed by atoms with E-state index in [9.17, 15) is 14.3 Å². The summed E-state index contributed by atoms with van der Waals surface area (Å²) in [6, 6.07) is 2.36. The van der Waals surface area contributed by atoms with E-state index >= 15 is 0 Å². The Hall–Kier alpha value is -1.46. The van der Waals surface area contributed by atoms with Crippen LogP contribution in [0, 0.1) is 5.82 Å². The first-order valence-corrected chi connectivity index (χ1v) is 6.40. The monoisotopic (exact) mass is 267 g/mol. The van der Waals surface area contributed by atoms with Gasteiger partial charge in [-0.2, -0.15) is 0 Å². The minimum absolute atomic E-state index is 0.0427. The molecule has 0 aromatic heterocycles. The molecule has 2 rings (SSSR count). The van der Waals surface area contributed by atoms with E-state index in [2.05, 4.69) is 4.90 Å². The van der Waals surface area contributed by atoms with Gasteiger partial charge in [-0.25, -0.2) is 4.39 Å². The molecule has 0 saturated carbocycles. The Balaban J connectivity index is 2.21. The normalized spacial score (nSPS) is 17.2. The van der Waals surface area contributed by atoms with Crippen LogP contribution in [0.1, 0.15) is 29.3 Å². The molecule has 0 radical (unpaired) electrons. The zero-order valence-corrected chi connectivity index (χ0v) is 11.0. The average Bonchev–Trinajstić information content (AvgIpc) is 2.61. The van der Waals surface area contributed by atoms with Crippen molar-refractivity contribution in [1.29, 1.82) is 0 Å². The minimum Gasteiger partial charge on any atom is -0.507 e. The maximum absolute atomic E-state index is 13.5. The van der Waals surface area contributed by atoms with Crippen LogP contribution >= 0.6 is 0 Å². The summed E-state index contributed by atoms with van der Waals surface area (Å²) in [5.74, 6) is -0.944. The number of carbonyl (C=O) groups excluding carboxylic acids is 1. The number of ether oxygens (including phenoxy) is 1. The number of phenolic OH excluding ortho intramolecular Hbond substituents is 1. The van der Waals surface area contributed by atoms with Crippen LogP contribution in [0.25, 0.3) is 0 Å². The predicted octanol–water partition coefficient (Wildman–Crippen LogP) is 1.96. The van der Waals surface area contributed by atoms with E-state index in [0.717, 1.165) is 32.2 Å². The van der Waals surface area contributed by atoms with Gasteiger partial charge in [0.15, 0.2) is 5.78 Å². The molecule has 1 aliphatic heterocycles. The molecule has 1 heterocycles. The van der Waals surface area contributed by atoms with Crippen LogP contribution in [0.3, 0.4) is 0 Å². The number of halogens is 1. The minimum atomic E-state index is -0.496. The van der Waals surface area contributed by atoms with Crippen molar-refractivity contribution < 1.29 is 19.0 Å². The van der Waals surface area contributed by atoms with Crippen LogP contribution in [0.2, 0.25) is 0 Å². The topological polar surface area (TPSA) is 49.8 Å². The summed E-state index contributed by atoms with van der Waals surface area (Å²) in [5, 5.41) is 10.0. The first-order valence-electron chi connectivity index (χ1n) is 6.40. The molecule has 1 fully saturated rings. The second-order valence-electron chi connectivity index (χ2n) is 4.76. The maximum Gasteiger partial charge on any atom is 0.163 e. The number of Topliss-reactive ketones (excluding diaryl/α,β-unsaturated/α-hetero) is 1. The molecule has 4 nitrogen and oxygen atoms in total. The molecule has 1 aromatic rings. The number of nitrogens with zero attached hydrogens (tertiary/aromatic N) is 1. The molecule has 1 saturated heterocycles. The van der Waals surface area contributed by atoms with Gasteiger partial charge in [-0.05, 0) is 25.5 Å². The van der Waals surface area contributed by atoms with Crippen molar-refractivity contribution in [2.24, 2.45) is 0 Å². The highest BCUT2D eigenvalue weighted by Crippen LogP contribution is 2.26. The van der Waals surface area contributed by atoms with Crippen LogP contribution < -0.4 is 0 Å². The molecule has 0 bridgehead atoms. The zero-order chi connectivity index (χ0) is 13.8. The van der Waals surface area contributed by atoms with Crippen molar-refractivity contribution in [3.8, 4) is 5.75 Å². The zero-order valence-electron chi connectivity index (χ0n) is 11.0. The van der Waals surface area contributed by atoms with Crippen LogP contribution in [-0.4, -0.2) is 42.1 Å². The highest BCUT2D eigenvalue weighted by Gasteiger charge is 2.17. The molecule has 0 unspecified atom stereocenters. The lowest BCUT2D eigenvalue weighted by Gasteiger charge is -2.20. The van der Waals surface area contributed by atoms with Gasteiger partial charge in [0.25, 0.3) is 0 Å². The Morgan fingerprint density at radius 2 is 2.21 bits per heavy atom. The predicted molar refractivity (Wildman–Crippen MR) is 68.8 cm³/mol. The maximum atomic E-state index is 13.5. The SMILES string of the molecule is CC(=O)c1cc(F)cc(CN2CCCOCC2)c1O. The average molecular weight is 267 g/mol. The Kier molecular flexibility index (Phi) is 4.50. The Morgan fingerprint density at radius 3 is 2.95 bits per heavy atom. The highest BCUT2D eigenvalue weighted by atomic mass is 19.1. The number of aromatic hydroxyl groups is 1. The summed E-state index contributed by atoms with van der Waals surface area (Å²) >= 11 is 0. The molecular weight excluding hydrogens is 249 g/mol. The molecule has 0 spiro atoms. The van der Waals surface area contributed by atoms with Crippen LogP contribution in [0.15, 0.2) is 12.1 Å². The summed E-state index contributed by atoms with van der Waals surface area (Å²) in [6.07, 6.45) is 0.912. The number of rotatable bonds is 3. The van der Waals surface area contributed by atoms with E-state index in [0.29, 0.717) is 18.7 Å². The van der Waals surface area contributed by atoms with E-state index < -0.39 is 5.82 Å². The summed E-state index contributed by atoms with van der Waals surface area (Å²) in [5.41, 5.74) is 0.494. The molecule has 0 atom stereocenters. The second-order valence-corrected chi connectivity index (χ2v) is 4.76. The quantitative estimate of drug-likeness (QED) is 0.850. The van der Waals surface area contributed by atoms with Gasteiger partial charge in [0.1, 0.15) is 11.6 Å². The number of phenols is 1. The first kappa shape index (κ1) is 14.0. The van der Waals surface area contributed by atoms with Crippen molar-refractivity contribution in [1.82, 2.24) is 4.90 Å². The van der Waals surface area contributed by atoms with Gasteiger partial charge < -0.3 is 9.84 Å². The number of hydrogen-bond donors (Lipinski definition) is 1. The second kappa shape index (κ2) is 6.12. The summed E-state index contributed by atoms with van der Waals surface area (Å²) in [4.78, 5) is 13.4. The molecular formula is C14H18FNO3. The first-order chi connectivity index (χ1) is 9.08. The lowest BCUT2D eigenvalue weighted by molar-refractivity contribution is 0.101. The van der Waals surface area contributed by atoms with Crippen molar-refractivity contribution in [3.05, 3.63) is 29.1 Å². The van der Waals surface area contributed by atoms with Gasteiger partial charge in [0.2, 0.25) is 0 Å². The van der Waals surface area contributed by atoms with Gasteiger partial charge in [0, 0.05) is 31.8 Å². The smallest absolute Gasteiger partial charge is 0.163 e. The van der Waals surface area contributed by atoms with Crippen molar-refractivity contribution >= 4 is 5.78 Å². The third-order valence-corrected chi connectivity index (χ3v) is 3.24. The van der Waals surface area contributed by atoms with Crippen LogP contribution in [-0.2, 0) is 11.3 Å². The molecule has 0 aliphatic carbocycles. The summed E-state index contributed by atoms with van der Waals surface area (Å²) < 4.78 is 18.8. The fourth-order valence-corrected chi connectivity index (χ4v) is 2.24. The van der Waals surface area contributed by atoms with Crippen molar-refractivity contribution in [3.63, 3.8) is 0 Å². The van der Waals surface area contributed by atoms with Gasteiger partial charge in [-0.1, -0.05) is 0 Å². The van der Waals surface area contributed by atoms with Crippen LogP contribution in [0.4, 0.5) is 4.39 Å². The number of benzene rings is 1. The highest BCUT2D eigenvalue weighted by molar-refractivity contribution is 5.97. The van der Waals surface area contributed by atoms with E-state index in [1.807, 2.05) is 0 Å². The Morgan fingerprint density at radius 1 is 1.42 bits per heavy atom. The fourth-order valence-electron chi connectivity index (χ4n) is 2.24. The third kappa shape index (κ3) is 3.52. The Bertz CT molecular complexity index is 468. The van der Waals surface area contributed by atoms with Gasteiger partial charge in [-0.3, -0.25) is 9.69 Å². The molecule has 104 valence electrons. The van der Waals surface area contributed by atoms with Crippen molar-refractivity contribution in [2.75, 3.05) is 26.3 Å². The molecule has 19 heavy (non-hydrogen) atoms. The van der Waals surface area contributed by atoms with Gasteiger partial charge in [-0.15, -0.1) is 0 Å². The fraction of sp³-hybridized carbons (Fsp3) is 0.500. The van der Waals surface area contributed by atoms with E-state index in [1.165, 1.54) is 13.0 Å². The van der Waals surface area contributed by atoms with E-state index in [1.54, 1.807) is 0 Å². The molecule has 5 heteroatoms. The lowest BCUT2D eigenvalue weighted by Crippen LogP contribution is -2.26. The summed E-state index contributed by atoms with van der Waals surface area (Å²) in [6.45, 7) is 4.68. The van der Waals surface area contributed by atoms with Crippen LogP contribution in [0.5, 0.6) is 5.75 Å². The molecule has 1 N–H and O–H groups in total.